The van der Waals surface area contributed by atoms with Gasteiger partial charge in [-0.3, -0.25) is 9.48 Å². The summed E-state index contributed by atoms with van der Waals surface area (Å²) in [7, 11) is 0. The molecule has 1 N–H and O–H groups in total. The molecule has 150 valence electrons. The summed E-state index contributed by atoms with van der Waals surface area (Å²) in [4.78, 5) is 12.5. The lowest BCUT2D eigenvalue weighted by Crippen LogP contribution is -2.33. The molecule has 7 nitrogen and oxygen atoms in total. The van der Waals surface area contributed by atoms with Gasteiger partial charge in [0, 0.05) is 29.8 Å². The van der Waals surface area contributed by atoms with E-state index in [9.17, 15) is 4.79 Å². The molecule has 3 heterocycles. The Bertz CT molecular complexity index is 1150. The van der Waals surface area contributed by atoms with Gasteiger partial charge in [0.1, 0.15) is 6.61 Å². The number of anilines is 1. The van der Waals surface area contributed by atoms with E-state index >= 15 is 0 Å². The van der Waals surface area contributed by atoms with Crippen molar-refractivity contribution < 1.29 is 14.3 Å². The first-order chi connectivity index (χ1) is 14.7. The minimum absolute atomic E-state index is 0.149. The molecule has 0 unspecified atom stereocenters. The Morgan fingerprint density at radius 2 is 1.80 bits per heavy atom. The molecule has 2 aromatic carbocycles. The van der Waals surface area contributed by atoms with Gasteiger partial charge < -0.3 is 19.4 Å². The summed E-state index contributed by atoms with van der Waals surface area (Å²) in [5.74, 6) is 1.31. The summed E-state index contributed by atoms with van der Waals surface area (Å²) in [6, 6.07) is 19.0. The van der Waals surface area contributed by atoms with E-state index in [4.69, 9.17) is 9.47 Å². The van der Waals surface area contributed by atoms with Crippen LogP contribution in [0.4, 0.5) is 5.69 Å². The largest absolute Gasteiger partial charge is 0.486 e. The highest BCUT2D eigenvalue weighted by Crippen LogP contribution is 2.31. The van der Waals surface area contributed by atoms with Gasteiger partial charge in [0.15, 0.2) is 17.6 Å². The van der Waals surface area contributed by atoms with E-state index in [-0.39, 0.29) is 12.0 Å². The number of aromatic nitrogens is 3. The van der Waals surface area contributed by atoms with Crippen LogP contribution in [0.15, 0.2) is 85.5 Å². The summed E-state index contributed by atoms with van der Waals surface area (Å²) in [6.45, 7) is 0.974. The molecule has 1 atom stereocenters. The standard InChI is InChI=1S/C23H20N4O3/c28-23(17-7-9-19(10-8-17)26-11-3-4-12-26)25-18-13-24-27(14-18)15-20-16-29-21-5-1-2-6-22(21)30-20/h1-14,20H,15-16H2,(H,25,28)/t20-/m1/s1. The van der Waals surface area contributed by atoms with Gasteiger partial charge in [-0.15, -0.1) is 0 Å². The number of rotatable bonds is 5. The molecule has 0 fully saturated rings. The van der Waals surface area contributed by atoms with Crippen LogP contribution in [0.5, 0.6) is 11.5 Å². The number of nitrogens with one attached hydrogen (secondary N) is 1. The molecule has 0 radical (unpaired) electrons. The number of amides is 1. The number of nitrogens with zero attached hydrogens (tertiary/aromatic N) is 3. The van der Waals surface area contributed by atoms with Crippen molar-refractivity contribution in [1.29, 1.82) is 0 Å². The van der Waals surface area contributed by atoms with E-state index in [2.05, 4.69) is 10.4 Å². The maximum atomic E-state index is 12.5. The van der Waals surface area contributed by atoms with Gasteiger partial charge in [0.05, 0.1) is 18.4 Å². The highest BCUT2D eigenvalue weighted by atomic mass is 16.6. The predicted octanol–water partition coefficient (Wildman–Crippen LogP) is 3.77. The monoisotopic (exact) mass is 400 g/mol. The summed E-state index contributed by atoms with van der Waals surface area (Å²) in [6.07, 6.45) is 7.19. The van der Waals surface area contributed by atoms with Gasteiger partial charge >= 0.3 is 0 Å². The van der Waals surface area contributed by atoms with Crippen molar-refractivity contribution in [2.45, 2.75) is 12.6 Å². The second kappa shape index (κ2) is 7.79. The lowest BCUT2D eigenvalue weighted by Gasteiger charge is -2.26. The molecule has 1 aliphatic rings. The second-order valence-electron chi connectivity index (χ2n) is 7.04. The van der Waals surface area contributed by atoms with Crippen LogP contribution < -0.4 is 14.8 Å². The Labute approximate surface area is 173 Å². The Morgan fingerprint density at radius 1 is 1.03 bits per heavy atom. The van der Waals surface area contributed by atoms with Crippen LogP contribution in [0.1, 0.15) is 10.4 Å². The Balaban J connectivity index is 1.20. The van der Waals surface area contributed by atoms with Crippen molar-refractivity contribution in [2.24, 2.45) is 0 Å². The molecule has 7 heteroatoms. The summed E-state index contributed by atoms with van der Waals surface area (Å²) < 4.78 is 15.4. The van der Waals surface area contributed by atoms with Crippen molar-refractivity contribution in [2.75, 3.05) is 11.9 Å². The number of carbonyl (C=O) groups excluding carboxylic acids is 1. The number of ether oxygens (including phenoxy) is 2. The number of hydrogen-bond acceptors (Lipinski definition) is 4. The van der Waals surface area contributed by atoms with Crippen LogP contribution in [-0.4, -0.2) is 33.0 Å². The zero-order valence-corrected chi connectivity index (χ0v) is 16.1. The highest BCUT2D eigenvalue weighted by Gasteiger charge is 2.21. The fraction of sp³-hybridized carbons (Fsp3) is 0.130. The molecular formula is C23H20N4O3. The summed E-state index contributed by atoms with van der Waals surface area (Å²) in [5, 5.41) is 7.21. The molecular weight excluding hydrogens is 380 g/mol. The van der Waals surface area contributed by atoms with Gasteiger partial charge in [-0.25, -0.2) is 0 Å². The van der Waals surface area contributed by atoms with Gasteiger partial charge in [-0.1, -0.05) is 12.1 Å². The van der Waals surface area contributed by atoms with Crippen LogP contribution in [0, 0.1) is 0 Å². The first kappa shape index (κ1) is 18.1. The van der Waals surface area contributed by atoms with E-state index in [0.717, 1.165) is 17.2 Å². The average molecular weight is 400 g/mol. The fourth-order valence-corrected chi connectivity index (χ4v) is 3.38. The molecule has 4 aromatic rings. The van der Waals surface area contributed by atoms with E-state index in [0.29, 0.717) is 24.4 Å². The van der Waals surface area contributed by atoms with Crippen molar-refractivity contribution >= 4 is 11.6 Å². The zero-order chi connectivity index (χ0) is 20.3. The third-order valence-corrected chi connectivity index (χ3v) is 4.88. The smallest absolute Gasteiger partial charge is 0.255 e. The van der Waals surface area contributed by atoms with Crippen LogP contribution in [-0.2, 0) is 6.54 Å². The minimum atomic E-state index is -0.181. The van der Waals surface area contributed by atoms with Crippen LogP contribution in [0.3, 0.4) is 0 Å². The van der Waals surface area contributed by atoms with Crippen molar-refractivity contribution in [3.05, 3.63) is 91.0 Å². The molecule has 0 aliphatic carbocycles. The number of para-hydroxylation sites is 2. The maximum Gasteiger partial charge on any atom is 0.255 e. The summed E-state index contributed by atoms with van der Waals surface area (Å²) in [5.41, 5.74) is 2.21. The number of fused-ring (bicyclic) bond motifs is 1. The topological polar surface area (TPSA) is 70.3 Å². The van der Waals surface area contributed by atoms with Crippen molar-refractivity contribution in [3.63, 3.8) is 0 Å². The van der Waals surface area contributed by atoms with Crippen LogP contribution in [0.2, 0.25) is 0 Å². The van der Waals surface area contributed by atoms with Crippen LogP contribution in [0.25, 0.3) is 5.69 Å². The third kappa shape index (κ3) is 3.77. The average Bonchev–Trinajstić information content (AvgIpc) is 3.46. The Kier molecular flexibility index (Phi) is 4.69. The fourth-order valence-electron chi connectivity index (χ4n) is 3.38. The molecule has 30 heavy (non-hydrogen) atoms. The molecule has 5 rings (SSSR count). The Morgan fingerprint density at radius 3 is 2.60 bits per heavy atom. The van der Waals surface area contributed by atoms with E-state index in [1.54, 1.807) is 29.2 Å². The summed E-state index contributed by atoms with van der Waals surface area (Å²) >= 11 is 0. The van der Waals surface area contributed by atoms with Crippen molar-refractivity contribution in [1.82, 2.24) is 14.3 Å². The van der Waals surface area contributed by atoms with Gasteiger partial charge in [-0.2, -0.15) is 5.10 Å². The van der Waals surface area contributed by atoms with E-state index in [1.807, 2.05) is 65.5 Å². The first-order valence-corrected chi connectivity index (χ1v) is 9.70. The molecule has 0 spiro atoms. The van der Waals surface area contributed by atoms with E-state index in [1.165, 1.54) is 0 Å². The third-order valence-electron chi connectivity index (χ3n) is 4.88. The lowest BCUT2D eigenvalue weighted by molar-refractivity contribution is 0.0759. The molecule has 2 aromatic heterocycles. The molecule has 0 bridgehead atoms. The maximum absolute atomic E-state index is 12.5. The quantitative estimate of drug-likeness (QED) is 0.554. The SMILES string of the molecule is O=C(Nc1cnn(C[C@@H]2COc3ccccc3O2)c1)c1ccc(-n2cccc2)cc1. The molecule has 0 saturated carbocycles. The lowest BCUT2D eigenvalue weighted by atomic mass is 10.2. The molecule has 1 aliphatic heterocycles. The predicted molar refractivity (Wildman–Crippen MR) is 112 cm³/mol. The first-order valence-electron chi connectivity index (χ1n) is 9.70. The number of hydrogen-bond donors (Lipinski definition) is 1. The molecule has 1 amide bonds. The van der Waals surface area contributed by atoms with Crippen molar-refractivity contribution in [3.8, 4) is 17.2 Å². The van der Waals surface area contributed by atoms with E-state index < -0.39 is 0 Å². The van der Waals surface area contributed by atoms with Gasteiger partial charge in [0.2, 0.25) is 0 Å². The highest BCUT2D eigenvalue weighted by molar-refractivity contribution is 6.04. The zero-order valence-electron chi connectivity index (χ0n) is 16.1. The van der Waals surface area contributed by atoms with Gasteiger partial charge in [0.25, 0.3) is 5.91 Å². The van der Waals surface area contributed by atoms with Crippen LogP contribution >= 0.6 is 0 Å². The Hall–Kier alpha value is -4.00. The minimum Gasteiger partial charge on any atom is -0.486 e. The number of benzene rings is 2. The second-order valence-corrected chi connectivity index (χ2v) is 7.04. The molecule has 0 saturated heterocycles. The normalized spacial score (nSPS) is 15.0. The van der Waals surface area contributed by atoms with Gasteiger partial charge in [-0.05, 0) is 48.5 Å². The number of carbonyl (C=O) groups is 1.